The van der Waals surface area contributed by atoms with Crippen molar-refractivity contribution in [2.45, 2.75) is 6.54 Å². The lowest BCUT2D eigenvalue weighted by atomic mass is 10.1. The highest BCUT2D eigenvalue weighted by molar-refractivity contribution is 5.94. The number of aliphatic hydroxyl groups is 1. The minimum absolute atomic E-state index is 0.0176. The molecule has 0 radical (unpaired) electrons. The summed E-state index contributed by atoms with van der Waals surface area (Å²) in [5, 5.41) is 19.4. The number of hydrogen-bond acceptors (Lipinski definition) is 6. The molecule has 0 bridgehead atoms. The number of benzene rings is 1. The van der Waals surface area contributed by atoms with Gasteiger partial charge in [-0.1, -0.05) is 0 Å². The van der Waals surface area contributed by atoms with E-state index in [1.807, 2.05) is 22.8 Å². The smallest absolute Gasteiger partial charge is 0.224 e. The van der Waals surface area contributed by atoms with Gasteiger partial charge in [0.2, 0.25) is 11.6 Å². The number of rotatable bonds is 5. The van der Waals surface area contributed by atoms with Crippen LogP contribution in [0.2, 0.25) is 0 Å². The number of aromatic amines is 1. The van der Waals surface area contributed by atoms with Crippen LogP contribution in [0.1, 0.15) is 0 Å². The van der Waals surface area contributed by atoms with Gasteiger partial charge in [-0.05, 0) is 18.2 Å². The van der Waals surface area contributed by atoms with Crippen molar-refractivity contribution in [1.82, 2.24) is 29.7 Å². The van der Waals surface area contributed by atoms with Crippen molar-refractivity contribution in [3.63, 3.8) is 0 Å². The number of nitrogens with one attached hydrogen (secondary N) is 2. The first-order valence-electron chi connectivity index (χ1n) is 7.84. The summed E-state index contributed by atoms with van der Waals surface area (Å²) in [6.07, 6.45) is 6.31. The Morgan fingerprint density at radius 3 is 2.77 bits per heavy atom. The summed E-state index contributed by atoms with van der Waals surface area (Å²) in [4.78, 5) is 16.0. The number of anilines is 2. The minimum atomic E-state index is 0.0176. The molecule has 4 aromatic rings. The summed E-state index contributed by atoms with van der Waals surface area (Å²) in [7, 11) is 0. The molecule has 0 aliphatic heterocycles. The summed E-state index contributed by atoms with van der Waals surface area (Å²) < 4.78 is 1.88. The van der Waals surface area contributed by atoms with E-state index in [4.69, 9.17) is 6.57 Å². The van der Waals surface area contributed by atoms with E-state index in [0.29, 0.717) is 18.2 Å². The van der Waals surface area contributed by atoms with E-state index in [2.05, 4.69) is 35.3 Å². The number of hydrogen-bond donors (Lipinski definition) is 3. The fourth-order valence-electron chi connectivity index (χ4n) is 2.71. The van der Waals surface area contributed by atoms with Gasteiger partial charge in [0.05, 0.1) is 36.2 Å². The third-order valence-corrected chi connectivity index (χ3v) is 3.88. The quantitative estimate of drug-likeness (QED) is 0.479. The van der Waals surface area contributed by atoms with Crippen molar-refractivity contribution in [1.29, 1.82) is 0 Å². The van der Waals surface area contributed by atoms with Gasteiger partial charge in [-0.15, -0.1) is 0 Å². The summed E-state index contributed by atoms with van der Waals surface area (Å²) in [5.41, 5.74) is 4.51. The Balaban J connectivity index is 1.80. The van der Waals surface area contributed by atoms with Crippen molar-refractivity contribution in [2.24, 2.45) is 0 Å². The van der Waals surface area contributed by atoms with Gasteiger partial charge in [0.1, 0.15) is 0 Å². The van der Waals surface area contributed by atoms with Gasteiger partial charge in [0, 0.05) is 36.4 Å². The van der Waals surface area contributed by atoms with E-state index in [0.717, 1.165) is 28.0 Å². The molecule has 0 fully saturated rings. The standard InChI is InChI=1S/C17H14N8O/c1-18-12-8-19-17(20-9-12)23-11-6-13(14-2-3-22-24-14)16-15(7-11)25(4-5-26)10-21-16/h2-3,6-10,26H,4-5H2,(H,22,24)(H,19,20,23). The molecular weight excluding hydrogens is 332 g/mol. The van der Waals surface area contributed by atoms with E-state index in [1.54, 1.807) is 12.5 Å². The van der Waals surface area contributed by atoms with E-state index in [-0.39, 0.29) is 6.61 Å². The van der Waals surface area contributed by atoms with Gasteiger partial charge in [0.15, 0.2) is 0 Å². The number of aromatic nitrogens is 6. The summed E-state index contributed by atoms with van der Waals surface area (Å²) in [6.45, 7) is 7.42. The molecule has 3 N–H and O–H groups in total. The zero-order valence-electron chi connectivity index (χ0n) is 13.6. The SMILES string of the molecule is [C-]#[N+]c1cnc(Nc2cc(-c3ccn[nH]3)c3ncn(CCO)c3c2)nc1. The fraction of sp³-hybridized carbons (Fsp3) is 0.118. The molecule has 0 saturated heterocycles. The highest BCUT2D eigenvalue weighted by Gasteiger charge is 2.13. The van der Waals surface area contributed by atoms with E-state index in [9.17, 15) is 5.11 Å². The van der Waals surface area contributed by atoms with Crippen LogP contribution in [0.15, 0.2) is 43.1 Å². The van der Waals surface area contributed by atoms with E-state index in [1.165, 1.54) is 12.4 Å². The van der Waals surface area contributed by atoms with Gasteiger partial charge in [-0.3, -0.25) is 5.10 Å². The predicted molar refractivity (Wildman–Crippen MR) is 96.0 cm³/mol. The Labute approximate surface area is 148 Å². The molecule has 0 amide bonds. The van der Waals surface area contributed by atoms with E-state index < -0.39 is 0 Å². The molecule has 0 aliphatic rings. The van der Waals surface area contributed by atoms with E-state index >= 15 is 0 Å². The molecule has 9 heteroatoms. The molecule has 1 aromatic carbocycles. The van der Waals surface area contributed by atoms with Gasteiger partial charge < -0.3 is 15.0 Å². The number of aliphatic hydroxyl groups excluding tert-OH is 1. The number of imidazole rings is 1. The predicted octanol–water partition coefficient (Wildman–Crippen LogP) is 2.50. The molecule has 0 saturated carbocycles. The van der Waals surface area contributed by atoms with Gasteiger partial charge in [-0.25, -0.2) is 19.8 Å². The van der Waals surface area contributed by atoms with Crippen LogP contribution in [-0.2, 0) is 6.54 Å². The first kappa shape index (κ1) is 15.7. The van der Waals surface area contributed by atoms with Crippen LogP contribution in [0, 0.1) is 6.57 Å². The maximum atomic E-state index is 9.28. The molecule has 3 aromatic heterocycles. The van der Waals surface area contributed by atoms with Crippen molar-refractivity contribution < 1.29 is 5.11 Å². The third-order valence-electron chi connectivity index (χ3n) is 3.88. The third kappa shape index (κ3) is 2.85. The van der Waals surface area contributed by atoms with Gasteiger partial charge >= 0.3 is 0 Å². The molecule has 3 heterocycles. The monoisotopic (exact) mass is 346 g/mol. The molecular formula is C17H14N8O. The van der Waals surface area contributed by atoms with Crippen molar-refractivity contribution in [2.75, 3.05) is 11.9 Å². The van der Waals surface area contributed by atoms with Crippen molar-refractivity contribution >= 4 is 28.4 Å². The topological polar surface area (TPSA) is 109 Å². The maximum Gasteiger partial charge on any atom is 0.224 e. The molecule has 128 valence electrons. The van der Waals surface area contributed by atoms with Gasteiger partial charge in [0.25, 0.3) is 0 Å². The molecule has 0 aliphatic carbocycles. The first-order valence-corrected chi connectivity index (χ1v) is 7.84. The first-order chi connectivity index (χ1) is 12.8. The Bertz CT molecular complexity index is 1080. The molecule has 9 nitrogen and oxygen atoms in total. The zero-order chi connectivity index (χ0) is 17.9. The average molecular weight is 346 g/mol. The Morgan fingerprint density at radius 1 is 1.23 bits per heavy atom. The van der Waals surface area contributed by atoms with Crippen LogP contribution in [-0.4, -0.2) is 41.4 Å². The molecule has 0 atom stereocenters. The molecule has 26 heavy (non-hydrogen) atoms. The normalized spacial score (nSPS) is 10.8. The minimum Gasteiger partial charge on any atom is -0.395 e. The average Bonchev–Trinajstić information content (AvgIpc) is 3.33. The van der Waals surface area contributed by atoms with Crippen LogP contribution in [0.25, 0.3) is 27.1 Å². The lowest BCUT2D eigenvalue weighted by molar-refractivity contribution is 0.278. The van der Waals surface area contributed by atoms with Crippen LogP contribution in [0.5, 0.6) is 0 Å². The molecule has 0 spiro atoms. The summed E-state index contributed by atoms with van der Waals surface area (Å²) in [6, 6.07) is 5.72. The van der Waals surface area contributed by atoms with Gasteiger partial charge in [-0.2, -0.15) is 5.10 Å². The maximum absolute atomic E-state index is 9.28. The second-order valence-corrected chi connectivity index (χ2v) is 5.53. The lowest BCUT2D eigenvalue weighted by Crippen LogP contribution is -2.01. The summed E-state index contributed by atoms with van der Waals surface area (Å²) >= 11 is 0. The Kier molecular flexibility index (Phi) is 4.01. The van der Waals surface area contributed by atoms with Crippen LogP contribution >= 0.6 is 0 Å². The Hall–Kier alpha value is -3.77. The fourth-order valence-corrected chi connectivity index (χ4v) is 2.71. The number of nitrogens with zero attached hydrogens (tertiary/aromatic N) is 6. The van der Waals surface area contributed by atoms with Crippen molar-refractivity contribution in [3.8, 4) is 11.3 Å². The second-order valence-electron chi connectivity index (χ2n) is 5.53. The zero-order valence-corrected chi connectivity index (χ0v) is 13.6. The lowest BCUT2D eigenvalue weighted by Gasteiger charge is -2.09. The van der Waals surface area contributed by atoms with Crippen LogP contribution < -0.4 is 5.32 Å². The second kappa shape index (κ2) is 6.62. The highest BCUT2D eigenvalue weighted by Crippen LogP contribution is 2.31. The molecule has 4 rings (SSSR count). The van der Waals surface area contributed by atoms with Crippen LogP contribution in [0.3, 0.4) is 0 Å². The number of fused-ring (bicyclic) bond motifs is 1. The summed E-state index contributed by atoms with van der Waals surface area (Å²) in [5.74, 6) is 0.389. The number of H-pyrrole nitrogens is 1. The van der Waals surface area contributed by atoms with Crippen LogP contribution in [0.4, 0.5) is 17.3 Å². The molecule has 0 unspecified atom stereocenters. The Morgan fingerprint density at radius 2 is 2.08 bits per heavy atom. The highest BCUT2D eigenvalue weighted by atomic mass is 16.3. The largest absolute Gasteiger partial charge is 0.395 e. The van der Waals surface area contributed by atoms with Crippen molar-refractivity contribution in [3.05, 3.63) is 54.5 Å².